The summed E-state index contributed by atoms with van der Waals surface area (Å²) in [5.41, 5.74) is 12.9. The Bertz CT molecular complexity index is 922. The molecule has 0 bridgehead atoms. The molecule has 0 aromatic carbocycles. The minimum absolute atomic E-state index is 0.0681. The van der Waals surface area contributed by atoms with Crippen molar-refractivity contribution in [1.29, 1.82) is 0 Å². The Balaban J connectivity index is 2.17. The number of carbonyl (C=O) groups is 2. The number of alkyl halides is 1. The Labute approximate surface area is 223 Å². The molecule has 0 spiro atoms. The quantitative estimate of drug-likeness (QED) is 0.0844. The number of hydrogen-bond acceptors (Lipinski definition) is 9. The summed E-state index contributed by atoms with van der Waals surface area (Å²) < 4.78 is 32.6. The lowest BCUT2D eigenvalue weighted by Crippen LogP contribution is -2.47. The predicted molar refractivity (Wildman–Crippen MR) is 141 cm³/mol. The van der Waals surface area contributed by atoms with Gasteiger partial charge in [0.15, 0.2) is 18.5 Å². The van der Waals surface area contributed by atoms with Gasteiger partial charge in [0.2, 0.25) is 5.72 Å². The van der Waals surface area contributed by atoms with Crippen molar-refractivity contribution in [3.05, 3.63) is 35.1 Å². The molecule has 0 aromatic heterocycles. The van der Waals surface area contributed by atoms with E-state index in [-0.39, 0.29) is 24.5 Å². The third-order valence-electron chi connectivity index (χ3n) is 6.45. The van der Waals surface area contributed by atoms with Gasteiger partial charge in [0.25, 0.3) is 0 Å². The normalized spacial score (nSPS) is 24.6. The number of carbonyl (C=O) groups excluding carboxylic acids is 2. The lowest BCUT2D eigenvalue weighted by Gasteiger charge is -2.31. The number of hydrogen-bond donors (Lipinski definition) is 1. The molecule has 1 saturated heterocycles. The van der Waals surface area contributed by atoms with Gasteiger partial charge in [0.05, 0.1) is 0 Å². The molecule has 212 valence electrons. The van der Waals surface area contributed by atoms with Gasteiger partial charge in [-0.05, 0) is 24.4 Å². The van der Waals surface area contributed by atoms with Crippen molar-refractivity contribution in [2.45, 2.75) is 115 Å². The first kappa shape index (κ1) is 31.1. The molecule has 11 nitrogen and oxygen atoms in total. The molecule has 38 heavy (non-hydrogen) atoms. The average Bonchev–Trinajstić information content (AvgIpc) is 3.14. The number of esters is 2. The summed E-state index contributed by atoms with van der Waals surface area (Å²) in [7, 11) is 0. The summed E-state index contributed by atoms with van der Waals surface area (Å²) in [5.74, 6) is -0.954. The van der Waals surface area contributed by atoms with Crippen LogP contribution in [0.25, 0.3) is 10.4 Å². The Hall–Kier alpha value is -3.11. The second-order valence-corrected chi connectivity index (χ2v) is 9.56. The Morgan fingerprint density at radius 1 is 1.16 bits per heavy atom. The summed E-state index contributed by atoms with van der Waals surface area (Å²) in [6, 6.07) is 0. The van der Waals surface area contributed by atoms with Crippen molar-refractivity contribution in [2.24, 2.45) is 15.8 Å². The zero-order chi connectivity index (χ0) is 28.0. The van der Waals surface area contributed by atoms with Gasteiger partial charge in [-0.15, -0.1) is 0 Å². The van der Waals surface area contributed by atoms with Gasteiger partial charge < -0.3 is 24.8 Å². The van der Waals surface area contributed by atoms with Crippen LogP contribution in [0.3, 0.4) is 0 Å². The van der Waals surface area contributed by atoms with E-state index >= 15 is 4.39 Å². The fourth-order valence-corrected chi connectivity index (χ4v) is 4.33. The van der Waals surface area contributed by atoms with E-state index in [4.69, 9.17) is 19.9 Å². The van der Waals surface area contributed by atoms with Crippen LogP contribution < -0.4 is 5.73 Å². The first-order valence-electron chi connectivity index (χ1n) is 13.5. The third-order valence-corrected chi connectivity index (χ3v) is 6.45. The molecular weight excluding hydrogens is 495 g/mol. The van der Waals surface area contributed by atoms with E-state index in [0.717, 1.165) is 51.4 Å². The van der Waals surface area contributed by atoms with Crippen LogP contribution >= 0.6 is 0 Å². The molecule has 2 rings (SSSR count). The topological polar surface area (TPSA) is 152 Å². The Morgan fingerprint density at radius 2 is 1.76 bits per heavy atom. The molecule has 0 amide bonds. The van der Waals surface area contributed by atoms with Gasteiger partial charge in [-0.1, -0.05) is 76.9 Å². The highest BCUT2D eigenvalue weighted by Gasteiger charge is 2.60. The summed E-state index contributed by atoms with van der Waals surface area (Å²) in [5, 5.41) is 3.66. The van der Waals surface area contributed by atoms with E-state index in [1.54, 1.807) is 0 Å². The maximum atomic E-state index is 15.9. The van der Waals surface area contributed by atoms with Gasteiger partial charge in [0.1, 0.15) is 18.3 Å². The largest absolute Gasteiger partial charge is 0.462 e. The lowest BCUT2D eigenvalue weighted by atomic mass is 10.1. The summed E-state index contributed by atoms with van der Waals surface area (Å²) in [6.07, 6.45) is 7.21. The van der Waals surface area contributed by atoms with Gasteiger partial charge in [0, 0.05) is 24.0 Å². The number of nitrogens with zero attached hydrogens (tertiary/aromatic N) is 5. The van der Waals surface area contributed by atoms with Crippen molar-refractivity contribution in [3.8, 4) is 0 Å². The SMILES string of the molecule is C=C1N=C(N)C=CN1[C@@H]1O[C@@](COC(=O)CCCCCCC)(N=[N+]=[N-])[C@@H](OC(=O)CCCCCCC)[C@H]1F. The second-order valence-electron chi connectivity index (χ2n) is 9.56. The minimum atomic E-state index is -2.12. The van der Waals surface area contributed by atoms with Crippen LogP contribution in [0.15, 0.2) is 34.8 Å². The molecule has 0 radical (unpaired) electrons. The van der Waals surface area contributed by atoms with Crippen LogP contribution in [0.2, 0.25) is 0 Å². The Kier molecular flexibility index (Phi) is 13.1. The fraction of sp³-hybridized carbons (Fsp3) is 0.731. The highest BCUT2D eigenvalue weighted by molar-refractivity contribution is 5.92. The molecular formula is C26H41FN6O5. The summed E-state index contributed by atoms with van der Waals surface area (Å²) >= 11 is 0. The number of rotatable bonds is 17. The second kappa shape index (κ2) is 16.0. The summed E-state index contributed by atoms with van der Waals surface area (Å²) in [6.45, 7) is 7.33. The molecule has 2 aliphatic heterocycles. The number of ether oxygens (including phenoxy) is 3. The lowest BCUT2D eigenvalue weighted by molar-refractivity contribution is -0.178. The average molecular weight is 537 g/mol. The van der Waals surface area contributed by atoms with Crippen LogP contribution in [0.5, 0.6) is 0 Å². The van der Waals surface area contributed by atoms with Crippen LogP contribution in [0, 0.1) is 0 Å². The van der Waals surface area contributed by atoms with E-state index in [1.165, 1.54) is 17.2 Å². The highest BCUT2D eigenvalue weighted by atomic mass is 19.1. The standard InChI is InChI=1S/C26H41FN6O5/c1-4-6-8-10-12-14-21(34)36-18-26(31-32-29)24(37-22(35)15-13-11-9-7-5-2)23(27)25(38-26)33-17-16-20(28)30-19(33)3/h16-17,23-25H,3-15,18H2,1-2H3,(H2,28,30)/t23-,24+,25-,26-/m1/s1. The van der Waals surface area contributed by atoms with Crippen LogP contribution in [0.4, 0.5) is 4.39 Å². The number of azide groups is 1. The third kappa shape index (κ3) is 9.02. The van der Waals surface area contributed by atoms with Crippen LogP contribution in [0.1, 0.15) is 90.9 Å². The van der Waals surface area contributed by atoms with Crippen molar-refractivity contribution in [3.63, 3.8) is 0 Å². The van der Waals surface area contributed by atoms with Gasteiger partial charge >= 0.3 is 11.9 Å². The van der Waals surface area contributed by atoms with E-state index in [0.29, 0.717) is 12.8 Å². The molecule has 0 saturated carbocycles. The molecule has 0 unspecified atom stereocenters. The summed E-state index contributed by atoms with van der Waals surface area (Å²) in [4.78, 5) is 33.1. The molecule has 4 atom stereocenters. The van der Waals surface area contributed by atoms with Crippen LogP contribution in [-0.4, -0.2) is 53.5 Å². The maximum Gasteiger partial charge on any atom is 0.306 e. The molecule has 2 N–H and O–H groups in total. The zero-order valence-electron chi connectivity index (χ0n) is 22.5. The first-order chi connectivity index (χ1) is 18.3. The van der Waals surface area contributed by atoms with Gasteiger partial charge in [-0.25, -0.2) is 9.38 Å². The smallest absolute Gasteiger partial charge is 0.306 e. The van der Waals surface area contributed by atoms with Crippen molar-refractivity contribution < 1.29 is 28.2 Å². The molecule has 1 fully saturated rings. The molecule has 0 aliphatic carbocycles. The monoisotopic (exact) mass is 536 g/mol. The van der Waals surface area contributed by atoms with E-state index < -0.39 is 42.8 Å². The van der Waals surface area contributed by atoms with Crippen LogP contribution in [-0.2, 0) is 23.8 Å². The molecule has 2 heterocycles. The minimum Gasteiger partial charge on any atom is -0.462 e. The van der Waals surface area contributed by atoms with Gasteiger partial charge in [-0.3, -0.25) is 9.59 Å². The fourth-order valence-electron chi connectivity index (χ4n) is 4.33. The number of aliphatic imine (C=N–C) groups is 1. The van der Waals surface area contributed by atoms with Crippen molar-refractivity contribution in [1.82, 2.24) is 4.90 Å². The van der Waals surface area contributed by atoms with E-state index in [2.05, 4.69) is 35.4 Å². The number of nitrogens with two attached hydrogens (primary N) is 1. The molecule has 2 aliphatic rings. The Morgan fingerprint density at radius 3 is 2.34 bits per heavy atom. The van der Waals surface area contributed by atoms with Crippen molar-refractivity contribution in [2.75, 3.05) is 6.61 Å². The zero-order valence-corrected chi connectivity index (χ0v) is 22.5. The molecule has 12 heteroatoms. The first-order valence-corrected chi connectivity index (χ1v) is 13.5. The van der Waals surface area contributed by atoms with E-state index in [1.807, 2.05) is 0 Å². The highest BCUT2D eigenvalue weighted by Crippen LogP contribution is 2.40. The predicted octanol–water partition coefficient (Wildman–Crippen LogP) is 5.52. The molecule has 0 aromatic rings. The maximum absolute atomic E-state index is 15.9. The number of halogens is 1. The van der Waals surface area contributed by atoms with E-state index in [9.17, 15) is 15.1 Å². The number of unbranched alkanes of at least 4 members (excludes halogenated alkanes) is 8. The van der Waals surface area contributed by atoms with Gasteiger partial charge in [-0.2, -0.15) is 0 Å². The van der Waals surface area contributed by atoms with Crippen molar-refractivity contribution >= 4 is 17.8 Å². The number of amidine groups is 1.